The molecule has 3 nitrogen and oxygen atoms in total. The summed E-state index contributed by atoms with van der Waals surface area (Å²) in [5.74, 6) is 2.77. The predicted octanol–water partition coefficient (Wildman–Crippen LogP) is 5.16. The van der Waals surface area contributed by atoms with Crippen molar-refractivity contribution >= 4 is 17.3 Å². The lowest BCUT2D eigenvalue weighted by Crippen LogP contribution is -2.37. The number of hydrogen-bond acceptors (Lipinski definition) is 3. The smallest absolute Gasteiger partial charge is 0.127 e. The molecule has 112 valence electrons. The van der Waals surface area contributed by atoms with Crippen LogP contribution in [0.1, 0.15) is 67.6 Å². The molecular weight excluding hydrogens is 286 g/mol. The zero-order valence-corrected chi connectivity index (χ0v) is 13.1. The van der Waals surface area contributed by atoms with Gasteiger partial charge in [-0.05, 0) is 73.2 Å². The van der Waals surface area contributed by atoms with Gasteiger partial charge >= 0.3 is 0 Å². The minimum absolute atomic E-state index is 0.166. The van der Waals surface area contributed by atoms with Crippen molar-refractivity contribution in [1.82, 2.24) is 0 Å². The third-order valence-electron chi connectivity index (χ3n) is 5.66. The van der Waals surface area contributed by atoms with Gasteiger partial charge in [-0.2, -0.15) is 0 Å². The first kappa shape index (κ1) is 13.6. The number of nitrogens with zero attached hydrogens (tertiary/aromatic N) is 1. The number of benzene rings is 1. The standard InChI is InChI=1S/C17H20ClNO2/c1-17(6-7-18)5-4-12-9-13(19-20)14-10-2-3-11(8-10)15(14)16(12)21-17/h9-11H,2-8H2,1H3. The predicted molar refractivity (Wildman–Crippen MR) is 83.9 cm³/mol. The Kier molecular flexibility index (Phi) is 3.04. The van der Waals surface area contributed by atoms with Gasteiger partial charge in [0.05, 0.1) is 0 Å². The summed E-state index contributed by atoms with van der Waals surface area (Å²) in [7, 11) is 0. The van der Waals surface area contributed by atoms with Crippen LogP contribution in [0.2, 0.25) is 0 Å². The summed E-state index contributed by atoms with van der Waals surface area (Å²) in [6.07, 6.45) is 6.36. The molecule has 1 aliphatic heterocycles. The first-order valence-electron chi connectivity index (χ1n) is 7.93. The number of halogens is 1. The summed E-state index contributed by atoms with van der Waals surface area (Å²) in [6, 6.07) is 1.97. The lowest BCUT2D eigenvalue weighted by molar-refractivity contribution is 0.0604. The van der Waals surface area contributed by atoms with E-state index in [2.05, 4.69) is 12.1 Å². The van der Waals surface area contributed by atoms with E-state index in [4.69, 9.17) is 16.3 Å². The van der Waals surface area contributed by atoms with Crippen molar-refractivity contribution < 1.29 is 4.74 Å². The maximum absolute atomic E-state index is 11.2. The molecule has 2 bridgehead atoms. The molecule has 4 heteroatoms. The SMILES string of the molecule is CC1(CCCl)CCc2cc(N=O)c3c(c2O1)C1CCC3C1. The number of hydrogen-bond donors (Lipinski definition) is 0. The molecule has 1 aromatic rings. The van der Waals surface area contributed by atoms with E-state index in [-0.39, 0.29) is 5.60 Å². The lowest BCUT2D eigenvalue weighted by Gasteiger charge is -2.38. The van der Waals surface area contributed by atoms with Gasteiger partial charge in [-0.15, -0.1) is 16.5 Å². The number of alkyl halides is 1. The maximum atomic E-state index is 11.2. The Labute approximate surface area is 130 Å². The molecule has 21 heavy (non-hydrogen) atoms. The summed E-state index contributed by atoms with van der Waals surface area (Å²) >= 11 is 5.94. The normalized spacial score (nSPS) is 32.5. The van der Waals surface area contributed by atoms with Crippen LogP contribution in [0.25, 0.3) is 0 Å². The first-order valence-corrected chi connectivity index (χ1v) is 8.46. The quantitative estimate of drug-likeness (QED) is 0.571. The molecule has 4 rings (SSSR count). The summed E-state index contributed by atoms with van der Waals surface area (Å²) in [5.41, 5.74) is 4.16. The highest BCUT2D eigenvalue weighted by atomic mass is 35.5. The highest BCUT2D eigenvalue weighted by molar-refractivity contribution is 6.17. The minimum Gasteiger partial charge on any atom is -0.487 e. The van der Waals surface area contributed by atoms with E-state index in [0.717, 1.165) is 25.0 Å². The van der Waals surface area contributed by atoms with Gasteiger partial charge in [0.15, 0.2) is 0 Å². The van der Waals surface area contributed by atoms with E-state index in [1.54, 1.807) is 0 Å². The van der Waals surface area contributed by atoms with Crippen molar-refractivity contribution in [3.8, 4) is 5.75 Å². The molecule has 0 spiro atoms. The van der Waals surface area contributed by atoms with Gasteiger partial charge < -0.3 is 4.74 Å². The van der Waals surface area contributed by atoms with Crippen molar-refractivity contribution in [2.45, 2.75) is 62.9 Å². The van der Waals surface area contributed by atoms with E-state index < -0.39 is 0 Å². The van der Waals surface area contributed by atoms with E-state index in [0.29, 0.717) is 23.4 Å². The fourth-order valence-corrected chi connectivity index (χ4v) is 4.94. The number of rotatable bonds is 3. The van der Waals surface area contributed by atoms with Gasteiger partial charge in [0.1, 0.15) is 17.0 Å². The average molecular weight is 306 g/mol. The largest absolute Gasteiger partial charge is 0.487 e. The number of aryl methyl sites for hydroxylation is 1. The summed E-state index contributed by atoms with van der Waals surface area (Å²) < 4.78 is 6.43. The Balaban J connectivity index is 1.85. The van der Waals surface area contributed by atoms with Crippen molar-refractivity contribution in [1.29, 1.82) is 0 Å². The van der Waals surface area contributed by atoms with Crippen molar-refractivity contribution in [2.75, 3.05) is 5.88 Å². The Hall–Kier alpha value is -1.09. The van der Waals surface area contributed by atoms with E-state index in [1.165, 1.54) is 36.0 Å². The van der Waals surface area contributed by atoms with Crippen molar-refractivity contribution in [3.05, 3.63) is 27.7 Å². The fraction of sp³-hybridized carbons (Fsp3) is 0.647. The molecule has 0 aromatic heterocycles. The van der Waals surface area contributed by atoms with Crippen LogP contribution in [0.5, 0.6) is 5.75 Å². The van der Waals surface area contributed by atoms with Crippen LogP contribution in [-0.2, 0) is 6.42 Å². The number of fused-ring (bicyclic) bond motifs is 7. The van der Waals surface area contributed by atoms with Crippen molar-refractivity contribution in [2.24, 2.45) is 5.18 Å². The summed E-state index contributed by atoms with van der Waals surface area (Å²) in [4.78, 5) is 11.2. The molecule has 3 unspecified atom stereocenters. The number of nitroso groups, excluding NO2 is 1. The monoisotopic (exact) mass is 305 g/mol. The molecular formula is C17H20ClNO2. The molecule has 1 fully saturated rings. The Morgan fingerprint density at radius 2 is 2.14 bits per heavy atom. The minimum atomic E-state index is -0.166. The third kappa shape index (κ3) is 1.93. The number of ether oxygens (including phenoxy) is 1. The van der Waals surface area contributed by atoms with Crippen LogP contribution in [0.4, 0.5) is 5.69 Å². The van der Waals surface area contributed by atoms with Crippen LogP contribution >= 0.6 is 11.6 Å². The van der Waals surface area contributed by atoms with Crippen LogP contribution in [0.15, 0.2) is 11.2 Å². The molecule has 3 aliphatic rings. The zero-order chi connectivity index (χ0) is 14.6. The van der Waals surface area contributed by atoms with Crippen LogP contribution < -0.4 is 4.74 Å². The summed E-state index contributed by atoms with van der Waals surface area (Å²) in [6.45, 7) is 2.16. The third-order valence-corrected chi connectivity index (χ3v) is 5.84. The Morgan fingerprint density at radius 3 is 2.86 bits per heavy atom. The fourth-order valence-electron chi connectivity index (χ4n) is 4.54. The van der Waals surface area contributed by atoms with Gasteiger partial charge in [0.25, 0.3) is 0 Å². The molecule has 3 atom stereocenters. The molecule has 1 aromatic carbocycles. The zero-order valence-electron chi connectivity index (χ0n) is 12.3. The molecule has 1 saturated carbocycles. The highest BCUT2D eigenvalue weighted by Gasteiger charge is 2.44. The maximum Gasteiger partial charge on any atom is 0.127 e. The second-order valence-electron chi connectivity index (χ2n) is 7.00. The lowest BCUT2D eigenvalue weighted by atomic mass is 9.83. The van der Waals surface area contributed by atoms with Crippen LogP contribution in [0.3, 0.4) is 0 Å². The Morgan fingerprint density at radius 1 is 1.38 bits per heavy atom. The Bertz CT molecular complexity index is 615. The van der Waals surface area contributed by atoms with Gasteiger partial charge in [0, 0.05) is 17.9 Å². The molecule has 0 radical (unpaired) electrons. The van der Waals surface area contributed by atoms with Crippen LogP contribution in [0, 0.1) is 4.91 Å². The highest BCUT2D eigenvalue weighted by Crippen LogP contribution is 2.60. The molecule has 0 amide bonds. The van der Waals surface area contributed by atoms with E-state index in [1.807, 2.05) is 6.07 Å². The van der Waals surface area contributed by atoms with Gasteiger partial charge in [0.2, 0.25) is 0 Å². The van der Waals surface area contributed by atoms with Crippen molar-refractivity contribution in [3.63, 3.8) is 0 Å². The van der Waals surface area contributed by atoms with Gasteiger partial charge in [-0.25, -0.2) is 0 Å². The molecule has 0 saturated heterocycles. The second-order valence-corrected chi connectivity index (χ2v) is 7.38. The van der Waals surface area contributed by atoms with E-state index >= 15 is 0 Å². The summed E-state index contributed by atoms with van der Waals surface area (Å²) in [5, 5.41) is 3.32. The molecule has 0 N–H and O–H groups in total. The average Bonchev–Trinajstić information content (AvgIpc) is 3.08. The molecule has 1 heterocycles. The topological polar surface area (TPSA) is 38.7 Å². The van der Waals surface area contributed by atoms with Gasteiger partial charge in [-0.3, -0.25) is 0 Å². The van der Waals surface area contributed by atoms with Crippen LogP contribution in [-0.4, -0.2) is 11.5 Å². The van der Waals surface area contributed by atoms with E-state index in [9.17, 15) is 4.91 Å². The first-order chi connectivity index (χ1) is 10.1. The second kappa shape index (κ2) is 4.70. The van der Waals surface area contributed by atoms with Gasteiger partial charge in [-0.1, -0.05) is 0 Å². The molecule has 2 aliphatic carbocycles.